The second-order valence-corrected chi connectivity index (χ2v) is 8.91. The number of methoxy groups -OCH3 is 1. The Morgan fingerprint density at radius 1 is 0.886 bits per heavy atom. The second-order valence-electron chi connectivity index (χ2n) is 8.53. The van der Waals surface area contributed by atoms with Crippen molar-refractivity contribution in [3.05, 3.63) is 63.9 Å². The standard InChI is InChI=1S/C23H24ClF7O2.C2H6/c1-20(2,17-13-15(25)7-8-18(17)33-3)11-12-21(32,23(29,30)31)10-9-14-5-4-6-16(19(14)24)22(26,27)28;1-2/h4-8,13,32H,9-12H2,1-3H3;1-2H3. The first-order valence-corrected chi connectivity index (χ1v) is 11.4. The minimum absolute atomic E-state index is 0.153. The van der Waals surface area contributed by atoms with Crippen molar-refractivity contribution in [3.63, 3.8) is 0 Å². The number of aryl methyl sites for hydroxylation is 1. The van der Waals surface area contributed by atoms with Crippen LogP contribution in [0.4, 0.5) is 30.7 Å². The SMILES string of the molecule is CC.COc1ccc(F)cc1C(C)(C)CCC(O)(CCc1cccc(C(F)(F)F)c1Cl)C(F)(F)F. The number of rotatable bonds is 8. The number of ether oxygens (including phenoxy) is 1. The second kappa shape index (κ2) is 11.8. The normalized spacial score (nSPS) is 14.1. The molecule has 2 aromatic carbocycles. The Morgan fingerprint density at radius 2 is 1.49 bits per heavy atom. The number of aliphatic hydroxyl groups is 1. The van der Waals surface area contributed by atoms with Gasteiger partial charge in [0.15, 0.2) is 5.60 Å². The highest BCUT2D eigenvalue weighted by Crippen LogP contribution is 2.44. The molecule has 10 heteroatoms. The van der Waals surface area contributed by atoms with E-state index in [4.69, 9.17) is 16.3 Å². The molecule has 0 aliphatic rings. The van der Waals surface area contributed by atoms with Crippen LogP contribution in [0, 0.1) is 5.82 Å². The molecule has 0 fully saturated rings. The van der Waals surface area contributed by atoms with Gasteiger partial charge >= 0.3 is 12.4 Å². The summed E-state index contributed by atoms with van der Waals surface area (Å²) in [5.41, 5.74) is -5.18. The highest BCUT2D eigenvalue weighted by molar-refractivity contribution is 6.32. The molecule has 0 aliphatic heterocycles. The molecule has 35 heavy (non-hydrogen) atoms. The lowest BCUT2D eigenvalue weighted by Crippen LogP contribution is -2.46. The van der Waals surface area contributed by atoms with Crippen molar-refractivity contribution in [2.75, 3.05) is 7.11 Å². The molecule has 1 atom stereocenters. The lowest BCUT2D eigenvalue weighted by atomic mass is 9.76. The molecule has 0 saturated carbocycles. The average Bonchev–Trinajstić information content (AvgIpc) is 2.77. The van der Waals surface area contributed by atoms with Crippen molar-refractivity contribution in [1.82, 2.24) is 0 Å². The van der Waals surface area contributed by atoms with Crippen LogP contribution in [0.5, 0.6) is 5.75 Å². The molecular formula is C25H30ClF7O2. The fourth-order valence-corrected chi connectivity index (χ4v) is 3.93. The quantitative estimate of drug-likeness (QED) is 0.347. The number of hydrogen-bond donors (Lipinski definition) is 1. The predicted molar refractivity (Wildman–Crippen MR) is 122 cm³/mol. The minimum atomic E-state index is -5.05. The molecule has 0 radical (unpaired) electrons. The van der Waals surface area contributed by atoms with E-state index in [1.54, 1.807) is 13.8 Å². The van der Waals surface area contributed by atoms with Crippen LogP contribution in [0.15, 0.2) is 36.4 Å². The molecule has 0 aromatic heterocycles. The summed E-state index contributed by atoms with van der Waals surface area (Å²) in [4.78, 5) is 0. The van der Waals surface area contributed by atoms with Gasteiger partial charge in [0.1, 0.15) is 11.6 Å². The number of alkyl halides is 6. The third-order valence-electron chi connectivity index (χ3n) is 5.77. The fourth-order valence-electron chi connectivity index (χ4n) is 3.60. The third-order valence-corrected chi connectivity index (χ3v) is 6.22. The maximum Gasteiger partial charge on any atom is 0.417 e. The Hall–Kier alpha value is -2.00. The Balaban J connectivity index is 0.00000298. The molecule has 0 spiro atoms. The van der Waals surface area contributed by atoms with E-state index in [1.165, 1.54) is 19.2 Å². The van der Waals surface area contributed by atoms with Gasteiger partial charge in [-0.05, 0) is 60.9 Å². The lowest BCUT2D eigenvalue weighted by molar-refractivity contribution is -0.265. The molecule has 2 rings (SSSR count). The summed E-state index contributed by atoms with van der Waals surface area (Å²) in [7, 11) is 1.34. The van der Waals surface area contributed by atoms with E-state index in [1.807, 2.05) is 13.8 Å². The van der Waals surface area contributed by atoms with Crippen LogP contribution >= 0.6 is 11.6 Å². The minimum Gasteiger partial charge on any atom is -0.496 e. The first-order chi connectivity index (χ1) is 16.0. The summed E-state index contributed by atoms with van der Waals surface area (Å²) in [6.07, 6.45) is -12.2. The smallest absolute Gasteiger partial charge is 0.417 e. The molecule has 2 aromatic rings. The number of hydrogen-bond acceptors (Lipinski definition) is 2. The molecule has 1 N–H and O–H groups in total. The topological polar surface area (TPSA) is 29.5 Å². The number of benzene rings is 2. The van der Waals surface area contributed by atoms with Crippen LogP contribution in [-0.4, -0.2) is 24.0 Å². The zero-order valence-electron chi connectivity index (χ0n) is 20.2. The maximum absolute atomic E-state index is 13.8. The van der Waals surface area contributed by atoms with E-state index in [0.717, 1.165) is 24.3 Å². The zero-order chi connectivity index (χ0) is 27.2. The summed E-state index contributed by atoms with van der Waals surface area (Å²) >= 11 is 5.78. The van der Waals surface area contributed by atoms with Crippen LogP contribution in [0.25, 0.3) is 0 Å². The van der Waals surface area contributed by atoms with Crippen molar-refractivity contribution in [1.29, 1.82) is 0 Å². The monoisotopic (exact) mass is 530 g/mol. The molecule has 198 valence electrons. The van der Waals surface area contributed by atoms with Gasteiger partial charge in [-0.15, -0.1) is 0 Å². The zero-order valence-corrected chi connectivity index (χ0v) is 20.9. The Morgan fingerprint density at radius 3 is 2.00 bits per heavy atom. The molecule has 0 saturated heterocycles. The fraction of sp³-hybridized carbons (Fsp3) is 0.520. The summed E-state index contributed by atoms with van der Waals surface area (Å²) in [5.74, 6) is -0.308. The summed E-state index contributed by atoms with van der Waals surface area (Å²) in [5, 5.41) is 9.83. The van der Waals surface area contributed by atoms with Gasteiger partial charge < -0.3 is 9.84 Å². The third kappa shape index (κ3) is 7.74. The lowest BCUT2D eigenvalue weighted by Gasteiger charge is -2.35. The van der Waals surface area contributed by atoms with Crippen molar-refractivity contribution in [2.24, 2.45) is 0 Å². The molecule has 2 nitrogen and oxygen atoms in total. The van der Waals surface area contributed by atoms with Gasteiger partial charge in [-0.3, -0.25) is 0 Å². The van der Waals surface area contributed by atoms with E-state index in [-0.39, 0.29) is 17.7 Å². The highest BCUT2D eigenvalue weighted by Gasteiger charge is 2.53. The Labute approximate surface area is 206 Å². The van der Waals surface area contributed by atoms with E-state index >= 15 is 0 Å². The molecule has 0 aliphatic carbocycles. The largest absolute Gasteiger partial charge is 0.496 e. The Kier molecular flexibility index (Phi) is 10.5. The van der Waals surface area contributed by atoms with Crippen LogP contribution in [0.3, 0.4) is 0 Å². The van der Waals surface area contributed by atoms with Crippen LogP contribution in [0.1, 0.15) is 63.6 Å². The molecule has 1 unspecified atom stereocenters. The van der Waals surface area contributed by atoms with Crippen molar-refractivity contribution in [3.8, 4) is 5.75 Å². The summed E-state index contributed by atoms with van der Waals surface area (Å²) in [6, 6.07) is 6.65. The van der Waals surface area contributed by atoms with E-state index < -0.39 is 59.0 Å². The predicted octanol–water partition coefficient (Wildman–Crippen LogP) is 8.52. The van der Waals surface area contributed by atoms with Gasteiger partial charge in [-0.1, -0.05) is 51.4 Å². The van der Waals surface area contributed by atoms with Crippen LogP contribution in [0.2, 0.25) is 5.02 Å². The molecule has 0 heterocycles. The molecule has 0 bridgehead atoms. The van der Waals surface area contributed by atoms with Gasteiger partial charge in [-0.2, -0.15) is 26.3 Å². The van der Waals surface area contributed by atoms with Crippen molar-refractivity contribution in [2.45, 2.75) is 76.7 Å². The van der Waals surface area contributed by atoms with Gasteiger partial charge in [0.25, 0.3) is 0 Å². The molecular weight excluding hydrogens is 501 g/mol. The average molecular weight is 531 g/mol. The van der Waals surface area contributed by atoms with Gasteiger partial charge in [0.05, 0.1) is 17.7 Å². The van der Waals surface area contributed by atoms with Gasteiger partial charge in [0, 0.05) is 5.56 Å². The van der Waals surface area contributed by atoms with Gasteiger partial charge in [0.2, 0.25) is 0 Å². The van der Waals surface area contributed by atoms with Crippen LogP contribution in [-0.2, 0) is 18.0 Å². The van der Waals surface area contributed by atoms with Gasteiger partial charge in [-0.25, -0.2) is 4.39 Å². The highest BCUT2D eigenvalue weighted by atomic mass is 35.5. The van der Waals surface area contributed by atoms with Crippen molar-refractivity contribution < 1.29 is 40.6 Å². The Bertz CT molecular complexity index is 971. The first-order valence-electron chi connectivity index (χ1n) is 11.0. The maximum atomic E-state index is 13.8. The van der Waals surface area contributed by atoms with E-state index in [2.05, 4.69) is 0 Å². The summed E-state index contributed by atoms with van der Waals surface area (Å²) < 4.78 is 99.5. The van der Waals surface area contributed by atoms with Crippen LogP contribution < -0.4 is 4.74 Å². The van der Waals surface area contributed by atoms with E-state index in [9.17, 15) is 35.8 Å². The first kappa shape index (κ1) is 31.0. The van der Waals surface area contributed by atoms with Crippen molar-refractivity contribution >= 4 is 11.6 Å². The van der Waals surface area contributed by atoms with E-state index in [0.29, 0.717) is 5.56 Å². The number of halogens is 8. The summed E-state index contributed by atoms with van der Waals surface area (Å²) in [6.45, 7) is 7.18. The molecule has 0 amide bonds.